The van der Waals surface area contributed by atoms with Gasteiger partial charge in [-0.05, 0) is 63.6 Å². The molecule has 3 aromatic carbocycles. The minimum Gasteiger partial charge on any atom is -0.506 e. The highest BCUT2D eigenvalue weighted by Gasteiger charge is 2.33. The quantitative estimate of drug-likeness (QED) is 0.371. The number of nitrogens with zero attached hydrogens (tertiary/aromatic N) is 2. The number of carbonyl (C=O) groups excluding carboxylic acids is 1. The molecule has 0 aliphatic carbocycles. The number of hydrogen-bond donors (Lipinski definition) is 1. The van der Waals surface area contributed by atoms with E-state index in [0.29, 0.717) is 26.7 Å². The summed E-state index contributed by atoms with van der Waals surface area (Å²) in [5.41, 5.74) is 2.34. The number of carbonyl (C=O) groups is 1. The first-order chi connectivity index (χ1) is 14.5. The zero-order chi connectivity index (χ0) is 21.1. The number of benzene rings is 3. The van der Waals surface area contributed by atoms with Crippen LogP contribution in [0.25, 0.3) is 6.08 Å². The van der Waals surface area contributed by atoms with Crippen LogP contribution in [-0.4, -0.2) is 21.1 Å². The molecule has 0 spiro atoms. The van der Waals surface area contributed by atoms with Gasteiger partial charge in [0.2, 0.25) is 0 Å². The highest BCUT2D eigenvalue weighted by Crippen LogP contribution is 2.38. The van der Waals surface area contributed by atoms with Gasteiger partial charge in [-0.25, -0.2) is 4.99 Å². The van der Waals surface area contributed by atoms with Crippen molar-refractivity contribution in [3.05, 3.63) is 97.8 Å². The smallest absolute Gasteiger partial charge is 0.267 e. The Hall–Kier alpha value is -2.35. The van der Waals surface area contributed by atoms with E-state index in [4.69, 9.17) is 4.99 Å². The summed E-state index contributed by atoms with van der Waals surface area (Å²) in [5, 5.41) is 11.0. The first-order valence-corrected chi connectivity index (χ1v) is 11.5. The van der Waals surface area contributed by atoms with Crippen molar-refractivity contribution < 1.29 is 9.90 Å². The first kappa shape index (κ1) is 20.9. The molecule has 1 saturated heterocycles. The van der Waals surface area contributed by atoms with Crippen LogP contribution in [0.2, 0.25) is 0 Å². The van der Waals surface area contributed by atoms with Crippen molar-refractivity contribution in [2.45, 2.75) is 6.54 Å². The summed E-state index contributed by atoms with van der Waals surface area (Å²) < 4.78 is 1.35. The van der Waals surface area contributed by atoms with E-state index in [2.05, 4.69) is 31.9 Å². The molecule has 30 heavy (non-hydrogen) atoms. The molecule has 1 aliphatic rings. The van der Waals surface area contributed by atoms with Crippen LogP contribution in [0.3, 0.4) is 0 Å². The number of rotatable bonds is 4. The van der Waals surface area contributed by atoms with Crippen molar-refractivity contribution in [3.8, 4) is 5.75 Å². The Labute approximate surface area is 195 Å². The Morgan fingerprint density at radius 2 is 1.67 bits per heavy atom. The number of hydrogen-bond acceptors (Lipinski definition) is 4. The zero-order valence-corrected chi connectivity index (χ0v) is 19.6. The summed E-state index contributed by atoms with van der Waals surface area (Å²) in [6.45, 7) is 0.420. The molecule has 7 heteroatoms. The van der Waals surface area contributed by atoms with Crippen LogP contribution < -0.4 is 0 Å². The summed E-state index contributed by atoms with van der Waals surface area (Å²) in [6, 6.07) is 22.9. The number of phenols is 1. The van der Waals surface area contributed by atoms with Gasteiger partial charge < -0.3 is 5.11 Å². The molecular weight excluding hydrogens is 528 g/mol. The third kappa shape index (κ3) is 4.69. The Balaban J connectivity index is 1.74. The fourth-order valence-corrected chi connectivity index (χ4v) is 5.19. The molecule has 1 N–H and O–H groups in total. The molecule has 0 aromatic heterocycles. The van der Waals surface area contributed by atoms with Crippen molar-refractivity contribution in [3.63, 3.8) is 0 Å². The maximum atomic E-state index is 13.2. The summed E-state index contributed by atoms with van der Waals surface area (Å²) in [6.07, 6.45) is 1.70. The van der Waals surface area contributed by atoms with E-state index in [1.54, 1.807) is 23.1 Å². The van der Waals surface area contributed by atoms with Crippen LogP contribution in [0.15, 0.2) is 91.6 Å². The SMILES string of the molecule is O=C1/C(=C\c2cc(Br)cc(Br)c2O)SC(=Nc2ccccc2)N1Cc1ccccc1. The summed E-state index contributed by atoms with van der Waals surface area (Å²) in [4.78, 5) is 20.1. The number of aromatic hydroxyl groups is 1. The van der Waals surface area contributed by atoms with Gasteiger partial charge in [0.15, 0.2) is 5.17 Å². The highest BCUT2D eigenvalue weighted by atomic mass is 79.9. The van der Waals surface area contributed by atoms with Gasteiger partial charge in [-0.2, -0.15) is 0 Å². The number of thioether (sulfide) groups is 1. The second-order valence-electron chi connectivity index (χ2n) is 6.54. The second kappa shape index (κ2) is 9.20. The standard InChI is InChI=1S/C23H16Br2N2O2S/c24-17-11-16(21(28)19(25)13-17)12-20-22(29)27(14-15-7-3-1-4-8-15)23(30-20)26-18-9-5-2-6-10-18/h1-13,28H,14H2/b20-12+,26-23?. The molecule has 4 nitrogen and oxygen atoms in total. The molecule has 4 rings (SSSR count). The van der Waals surface area contributed by atoms with Crippen LogP contribution in [0.1, 0.15) is 11.1 Å². The van der Waals surface area contributed by atoms with E-state index in [0.717, 1.165) is 15.7 Å². The lowest BCUT2D eigenvalue weighted by atomic mass is 10.2. The largest absolute Gasteiger partial charge is 0.506 e. The molecule has 1 fully saturated rings. The van der Waals surface area contributed by atoms with Gasteiger partial charge in [0.25, 0.3) is 5.91 Å². The first-order valence-electron chi connectivity index (χ1n) is 9.08. The van der Waals surface area contributed by atoms with Gasteiger partial charge in [0.05, 0.1) is 21.6 Å². The maximum Gasteiger partial charge on any atom is 0.267 e. The second-order valence-corrected chi connectivity index (χ2v) is 9.32. The highest BCUT2D eigenvalue weighted by molar-refractivity contribution is 9.11. The number of halogens is 2. The van der Waals surface area contributed by atoms with Crippen molar-refractivity contribution in [2.75, 3.05) is 0 Å². The molecule has 0 saturated carbocycles. The van der Waals surface area contributed by atoms with Gasteiger partial charge in [0, 0.05) is 10.0 Å². The average molecular weight is 544 g/mol. The number of amides is 1. The fraction of sp³-hybridized carbons (Fsp3) is 0.0435. The van der Waals surface area contributed by atoms with Crippen molar-refractivity contribution in [2.24, 2.45) is 4.99 Å². The molecule has 0 atom stereocenters. The van der Waals surface area contributed by atoms with Crippen LogP contribution in [0, 0.1) is 0 Å². The van der Waals surface area contributed by atoms with Crippen molar-refractivity contribution in [1.82, 2.24) is 4.90 Å². The van der Waals surface area contributed by atoms with Crippen LogP contribution in [0.5, 0.6) is 5.75 Å². The lowest BCUT2D eigenvalue weighted by Gasteiger charge is -2.15. The normalized spacial score (nSPS) is 16.6. The summed E-state index contributed by atoms with van der Waals surface area (Å²) >= 11 is 8.07. The molecular formula is C23H16Br2N2O2S. The Morgan fingerprint density at radius 1 is 1.00 bits per heavy atom. The zero-order valence-electron chi connectivity index (χ0n) is 15.6. The van der Waals surface area contributed by atoms with Crippen LogP contribution in [0.4, 0.5) is 5.69 Å². The van der Waals surface area contributed by atoms with Gasteiger partial charge >= 0.3 is 0 Å². The van der Waals surface area contributed by atoms with E-state index in [9.17, 15) is 9.90 Å². The van der Waals surface area contributed by atoms with E-state index in [1.807, 2.05) is 60.7 Å². The molecule has 1 aliphatic heterocycles. The summed E-state index contributed by atoms with van der Waals surface area (Å²) in [7, 11) is 0. The maximum absolute atomic E-state index is 13.2. The average Bonchev–Trinajstić information content (AvgIpc) is 3.02. The lowest BCUT2D eigenvalue weighted by molar-refractivity contribution is -0.122. The lowest BCUT2D eigenvalue weighted by Crippen LogP contribution is -2.28. The van der Waals surface area contributed by atoms with Gasteiger partial charge in [-0.15, -0.1) is 0 Å². The van der Waals surface area contributed by atoms with Crippen molar-refractivity contribution >= 4 is 66.5 Å². The van der Waals surface area contributed by atoms with Crippen molar-refractivity contribution in [1.29, 1.82) is 0 Å². The summed E-state index contributed by atoms with van der Waals surface area (Å²) in [5.74, 6) is -0.0591. The van der Waals surface area contributed by atoms with Gasteiger partial charge in [-0.3, -0.25) is 9.69 Å². The van der Waals surface area contributed by atoms with Crippen LogP contribution in [-0.2, 0) is 11.3 Å². The monoisotopic (exact) mass is 542 g/mol. The molecule has 1 amide bonds. The minimum absolute atomic E-state index is 0.0853. The third-order valence-electron chi connectivity index (χ3n) is 4.40. The van der Waals surface area contributed by atoms with E-state index in [1.165, 1.54) is 11.8 Å². The Bertz CT molecular complexity index is 1150. The molecule has 0 unspecified atom stereocenters. The number of phenolic OH excluding ortho intramolecular Hbond substituents is 1. The molecule has 3 aromatic rings. The Morgan fingerprint density at radius 3 is 2.37 bits per heavy atom. The predicted octanol–water partition coefficient (Wildman–Crippen LogP) is 6.72. The molecule has 0 bridgehead atoms. The molecule has 1 heterocycles. The topological polar surface area (TPSA) is 52.9 Å². The third-order valence-corrected chi connectivity index (χ3v) is 6.47. The van der Waals surface area contributed by atoms with Gasteiger partial charge in [0.1, 0.15) is 5.75 Å². The number of para-hydroxylation sites is 1. The number of amidine groups is 1. The van der Waals surface area contributed by atoms with E-state index in [-0.39, 0.29) is 11.7 Å². The molecule has 150 valence electrons. The van der Waals surface area contributed by atoms with Crippen LogP contribution >= 0.6 is 43.6 Å². The Kier molecular flexibility index (Phi) is 6.41. The van der Waals surface area contributed by atoms with E-state index < -0.39 is 0 Å². The minimum atomic E-state index is -0.144. The van der Waals surface area contributed by atoms with Gasteiger partial charge in [-0.1, -0.05) is 64.5 Å². The number of aliphatic imine (C=N–C) groups is 1. The van der Waals surface area contributed by atoms with E-state index >= 15 is 0 Å². The fourth-order valence-electron chi connectivity index (χ4n) is 2.95. The molecule has 0 radical (unpaired) electrons. The predicted molar refractivity (Wildman–Crippen MR) is 130 cm³/mol.